The van der Waals surface area contributed by atoms with Crippen LogP contribution in [0.5, 0.6) is 0 Å². The van der Waals surface area contributed by atoms with Crippen LogP contribution < -0.4 is 11.1 Å². The molecule has 0 saturated heterocycles. The van der Waals surface area contributed by atoms with Gasteiger partial charge in [0.05, 0.1) is 11.9 Å². The summed E-state index contributed by atoms with van der Waals surface area (Å²) in [6, 6.07) is 3.66. The van der Waals surface area contributed by atoms with Gasteiger partial charge in [-0.3, -0.25) is 4.98 Å². The van der Waals surface area contributed by atoms with Crippen LogP contribution >= 0.6 is 12.2 Å². The number of hydrogen-bond donors (Lipinski definition) is 2. The predicted octanol–water partition coefficient (Wildman–Crippen LogP) is 1.87. The zero-order valence-electron chi connectivity index (χ0n) is 10.1. The van der Waals surface area contributed by atoms with E-state index in [2.05, 4.69) is 20.3 Å². The molecule has 0 bridgehead atoms. The normalized spacial score (nSPS) is 10.1. The molecule has 92 valence electrons. The number of pyridine rings is 1. The lowest BCUT2D eigenvalue weighted by Gasteiger charge is -2.09. The number of nitrogens with two attached hydrogens (primary N) is 1. The zero-order valence-corrected chi connectivity index (χ0v) is 11.0. The highest BCUT2D eigenvalue weighted by atomic mass is 32.1. The minimum Gasteiger partial charge on any atom is -0.388 e. The van der Waals surface area contributed by atoms with Crippen LogP contribution in [0.15, 0.2) is 24.5 Å². The fourth-order valence-electron chi connectivity index (χ4n) is 1.47. The van der Waals surface area contributed by atoms with Gasteiger partial charge in [-0.2, -0.15) is 0 Å². The number of rotatable bonds is 3. The number of nitrogens with zero attached hydrogens (tertiary/aromatic N) is 3. The molecule has 0 fully saturated rings. The summed E-state index contributed by atoms with van der Waals surface area (Å²) in [6.45, 7) is 3.85. The van der Waals surface area contributed by atoms with Crippen LogP contribution in [-0.4, -0.2) is 19.9 Å². The molecule has 0 unspecified atom stereocenters. The van der Waals surface area contributed by atoms with Crippen LogP contribution in [0, 0.1) is 13.8 Å². The molecule has 0 aliphatic carbocycles. The Kier molecular flexibility index (Phi) is 3.47. The smallest absolute Gasteiger partial charge is 0.228 e. The Morgan fingerprint density at radius 1 is 1.33 bits per heavy atom. The Morgan fingerprint density at radius 3 is 2.78 bits per heavy atom. The van der Waals surface area contributed by atoms with Gasteiger partial charge >= 0.3 is 0 Å². The molecule has 2 rings (SSSR count). The third kappa shape index (κ3) is 2.78. The van der Waals surface area contributed by atoms with Gasteiger partial charge in [-0.1, -0.05) is 12.2 Å². The van der Waals surface area contributed by atoms with E-state index < -0.39 is 0 Å². The minimum absolute atomic E-state index is 0.256. The van der Waals surface area contributed by atoms with Gasteiger partial charge in [0.1, 0.15) is 10.7 Å². The van der Waals surface area contributed by atoms with E-state index >= 15 is 0 Å². The van der Waals surface area contributed by atoms with Gasteiger partial charge in [-0.25, -0.2) is 9.97 Å². The molecular formula is C12H13N5S. The lowest BCUT2D eigenvalue weighted by molar-refractivity contribution is 1.09. The third-order valence-corrected chi connectivity index (χ3v) is 2.60. The molecule has 0 spiro atoms. The highest BCUT2D eigenvalue weighted by molar-refractivity contribution is 7.80. The Labute approximate surface area is 110 Å². The molecule has 3 N–H and O–H groups in total. The van der Waals surface area contributed by atoms with E-state index in [9.17, 15) is 0 Å². The molecular weight excluding hydrogens is 246 g/mol. The third-order valence-electron chi connectivity index (χ3n) is 2.39. The van der Waals surface area contributed by atoms with E-state index in [0.717, 1.165) is 16.9 Å². The molecule has 18 heavy (non-hydrogen) atoms. The first-order valence-electron chi connectivity index (χ1n) is 5.39. The van der Waals surface area contributed by atoms with Gasteiger partial charge in [0.25, 0.3) is 0 Å². The molecule has 0 aromatic carbocycles. The van der Waals surface area contributed by atoms with Crippen molar-refractivity contribution < 1.29 is 0 Å². The quantitative estimate of drug-likeness (QED) is 0.819. The largest absolute Gasteiger partial charge is 0.388 e. The zero-order chi connectivity index (χ0) is 13.1. The summed E-state index contributed by atoms with van der Waals surface area (Å²) < 4.78 is 0. The molecule has 5 nitrogen and oxygen atoms in total. The predicted molar refractivity (Wildman–Crippen MR) is 74.9 cm³/mol. The van der Waals surface area contributed by atoms with Crippen molar-refractivity contribution in [1.29, 1.82) is 0 Å². The molecule has 0 atom stereocenters. The second-order valence-corrected chi connectivity index (χ2v) is 4.34. The van der Waals surface area contributed by atoms with Gasteiger partial charge in [0.15, 0.2) is 0 Å². The highest BCUT2D eigenvalue weighted by Crippen LogP contribution is 2.16. The molecule has 0 aliphatic rings. The average molecular weight is 259 g/mol. The molecule has 0 amide bonds. The van der Waals surface area contributed by atoms with E-state index in [0.29, 0.717) is 11.6 Å². The van der Waals surface area contributed by atoms with E-state index in [1.54, 1.807) is 18.5 Å². The van der Waals surface area contributed by atoms with Crippen LogP contribution in [0.25, 0.3) is 0 Å². The topological polar surface area (TPSA) is 76.7 Å². The Balaban J connectivity index is 2.35. The Bertz CT molecular complexity index is 597. The maximum atomic E-state index is 5.58. The summed E-state index contributed by atoms with van der Waals surface area (Å²) in [5.41, 5.74) is 8.86. The SMILES string of the molecule is Cc1cc(C(N)=S)nc(Nc2cnccc2C)n1. The van der Waals surface area contributed by atoms with Crippen molar-refractivity contribution in [3.8, 4) is 0 Å². The van der Waals surface area contributed by atoms with Crippen LogP contribution in [0.2, 0.25) is 0 Å². The molecule has 2 aromatic rings. The van der Waals surface area contributed by atoms with Crippen molar-refractivity contribution in [3.05, 3.63) is 41.5 Å². The van der Waals surface area contributed by atoms with Crippen LogP contribution in [-0.2, 0) is 0 Å². The average Bonchev–Trinajstić information content (AvgIpc) is 2.31. The van der Waals surface area contributed by atoms with Crippen molar-refractivity contribution in [2.45, 2.75) is 13.8 Å². The summed E-state index contributed by atoms with van der Waals surface area (Å²) in [6.07, 6.45) is 3.46. The molecule has 0 aliphatic heterocycles. The fourth-order valence-corrected chi connectivity index (χ4v) is 1.57. The van der Waals surface area contributed by atoms with E-state index in [4.69, 9.17) is 18.0 Å². The van der Waals surface area contributed by atoms with Gasteiger partial charge in [-0.15, -0.1) is 0 Å². The first kappa shape index (κ1) is 12.4. The number of aryl methyl sites for hydroxylation is 2. The molecule has 0 saturated carbocycles. The van der Waals surface area contributed by atoms with Crippen molar-refractivity contribution in [1.82, 2.24) is 15.0 Å². The molecule has 0 radical (unpaired) electrons. The van der Waals surface area contributed by atoms with Crippen molar-refractivity contribution in [2.75, 3.05) is 5.32 Å². The summed E-state index contributed by atoms with van der Waals surface area (Å²) in [7, 11) is 0. The second kappa shape index (κ2) is 5.05. The minimum atomic E-state index is 0.256. The first-order valence-corrected chi connectivity index (χ1v) is 5.80. The first-order chi connectivity index (χ1) is 8.56. The molecule has 6 heteroatoms. The fraction of sp³-hybridized carbons (Fsp3) is 0.167. The molecule has 2 aromatic heterocycles. The summed E-state index contributed by atoms with van der Waals surface area (Å²) in [4.78, 5) is 12.8. The lowest BCUT2D eigenvalue weighted by atomic mass is 10.2. The standard InChI is InChI=1S/C12H13N5S/c1-7-3-4-14-6-10(7)17-12-15-8(2)5-9(16-12)11(13)18/h3-6H,1-2H3,(H2,13,18)(H,15,16,17). The van der Waals surface area contributed by atoms with Gasteiger partial charge < -0.3 is 11.1 Å². The highest BCUT2D eigenvalue weighted by Gasteiger charge is 2.06. The summed E-state index contributed by atoms with van der Waals surface area (Å²) in [5, 5.41) is 3.11. The maximum absolute atomic E-state index is 5.58. The van der Waals surface area contributed by atoms with Crippen molar-refractivity contribution in [3.63, 3.8) is 0 Å². The van der Waals surface area contributed by atoms with Gasteiger partial charge in [-0.05, 0) is 31.5 Å². The van der Waals surface area contributed by atoms with Crippen LogP contribution in [0.3, 0.4) is 0 Å². The van der Waals surface area contributed by atoms with E-state index in [1.165, 1.54) is 0 Å². The number of hydrogen-bond acceptors (Lipinski definition) is 5. The number of anilines is 2. The Hall–Kier alpha value is -2.08. The van der Waals surface area contributed by atoms with Crippen molar-refractivity contribution >= 4 is 28.8 Å². The monoisotopic (exact) mass is 259 g/mol. The van der Waals surface area contributed by atoms with E-state index in [1.807, 2.05) is 19.9 Å². The van der Waals surface area contributed by atoms with E-state index in [-0.39, 0.29) is 4.99 Å². The summed E-state index contributed by atoms with van der Waals surface area (Å²) >= 11 is 4.92. The van der Waals surface area contributed by atoms with Crippen LogP contribution in [0.1, 0.15) is 17.0 Å². The maximum Gasteiger partial charge on any atom is 0.228 e. The van der Waals surface area contributed by atoms with Gasteiger partial charge in [0.2, 0.25) is 5.95 Å². The molecule has 2 heterocycles. The number of nitrogens with one attached hydrogen (secondary N) is 1. The lowest BCUT2D eigenvalue weighted by Crippen LogP contribution is -2.14. The number of aromatic nitrogens is 3. The van der Waals surface area contributed by atoms with Crippen LogP contribution in [0.4, 0.5) is 11.6 Å². The second-order valence-electron chi connectivity index (χ2n) is 3.90. The number of thiocarbonyl (C=S) groups is 1. The Morgan fingerprint density at radius 2 is 2.11 bits per heavy atom. The van der Waals surface area contributed by atoms with Crippen molar-refractivity contribution in [2.24, 2.45) is 5.73 Å². The summed E-state index contributed by atoms with van der Waals surface area (Å²) in [5.74, 6) is 0.467. The van der Waals surface area contributed by atoms with Gasteiger partial charge in [0, 0.05) is 11.9 Å².